The maximum Gasteiger partial charge on any atom is 0.118 e. The molecule has 0 fully saturated rings. The number of rotatable bonds is 2. The van der Waals surface area contributed by atoms with Crippen LogP contribution in [0.3, 0.4) is 0 Å². The van der Waals surface area contributed by atoms with Gasteiger partial charge >= 0.3 is 0 Å². The summed E-state index contributed by atoms with van der Waals surface area (Å²) in [6, 6.07) is 0. The molecule has 0 unspecified atom stereocenters. The number of nitrogens with zero attached hydrogens (tertiary/aromatic N) is 2. The van der Waals surface area contributed by atoms with E-state index in [9.17, 15) is 0 Å². The first-order valence-electron chi connectivity index (χ1n) is 1.65. The summed E-state index contributed by atoms with van der Waals surface area (Å²) in [5, 5.41) is 6.34. The maximum absolute atomic E-state index is 6.34. The van der Waals surface area contributed by atoms with Crippen LogP contribution in [0.15, 0.2) is 9.98 Å². The summed E-state index contributed by atoms with van der Waals surface area (Å²) in [4.78, 5) is 6.67. The van der Waals surface area contributed by atoms with E-state index >= 15 is 0 Å². The lowest BCUT2D eigenvalue weighted by Gasteiger charge is -1.66. The van der Waals surface area contributed by atoms with Crippen LogP contribution < -0.4 is 5.73 Å². The largest absolute Gasteiger partial charge is 0.390 e. The third-order valence-electron chi connectivity index (χ3n) is 0.294. The zero-order chi connectivity index (χ0) is 5.54. The Bertz CT molecular complexity index is 93.1. The monoisotopic (exact) mass is 98.1 g/mol. The van der Waals surface area contributed by atoms with E-state index in [4.69, 9.17) is 11.1 Å². The lowest BCUT2D eigenvalue weighted by atomic mass is 11.1. The normalized spacial score (nSPS) is 10.9. The van der Waals surface area contributed by atoms with Gasteiger partial charge in [0.15, 0.2) is 0 Å². The van der Waals surface area contributed by atoms with E-state index < -0.39 is 0 Å². The second-order valence-corrected chi connectivity index (χ2v) is 0.692. The summed E-state index contributed by atoms with van der Waals surface area (Å²) in [5.41, 5.74) is 4.81. The Morgan fingerprint density at radius 1 is 1.43 bits per heavy atom. The first-order valence-corrected chi connectivity index (χ1v) is 1.65. The molecule has 0 aliphatic carbocycles. The van der Waals surface area contributed by atoms with Crippen molar-refractivity contribution in [1.82, 2.24) is 0 Å². The number of nitrogens with two attached hydrogens (primary N) is 1. The van der Waals surface area contributed by atoms with Crippen molar-refractivity contribution in [2.75, 3.05) is 0 Å². The fraction of sp³-hybridized carbons (Fsp3) is 0. The van der Waals surface area contributed by atoms with Crippen LogP contribution in [-0.4, -0.2) is 19.0 Å². The average Bonchev–Trinajstić information content (AvgIpc) is 1.69. The summed E-state index contributed by atoms with van der Waals surface area (Å²) in [6.45, 7) is 0. The van der Waals surface area contributed by atoms with Gasteiger partial charge in [0.2, 0.25) is 0 Å². The number of hydrogen-bond donors (Lipinski definition) is 2. The number of nitrogens with one attached hydrogen (secondary N) is 1. The van der Waals surface area contributed by atoms with Crippen molar-refractivity contribution < 1.29 is 0 Å². The summed E-state index contributed by atoms with van der Waals surface area (Å²) < 4.78 is 0. The van der Waals surface area contributed by atoms with Crippen molar-refractivity contribution in [2.45, 2.75) is 0 Å². The highest BCUT2D eigenvalue weighted by Gasteiger charge is 1.53. The van der Waals surface area contributed by atoms with Gasteiger partial charge in [-0.3, -0.25) is 5.41 Å². The van der Waals surface area contributed by atoms with Crippen molar-refractivity contribution in [3.05, 3.63) is 0 Å². The molecule has 0 saturated carbocycles. The van der Waals surface area contributed by atoms with E-state index in [-0.39, 0.29) is 0 Å². The third kappa shape index (κ3) is 4.81. The van der Waals surface area contributed by atoms with Crippen molar-refractivity contribution in [2.24, 2.45) is 15.7 Å². The van der Waals surface area contributed by atoms with Crippen LogP contribution in [0.1, 0.15) is 0 Å². The van der Waals surface area contributed by atoms with Crippen LogP contribution in [0.4, 0.5) is 0 Å². The first kappa shape index (κ1) is 5.81. The van der Waals surface area contributed by atoms with Gasteiger partial charge in [0.05, 0.1) is 6.34 Å². The zero-order valence-corrected chi connectivity index (χ0v) is 3.70. The molecular formula is C3H6N4. The topological polar surface area (TPSA) is 74.6 Å². The Kier molecular flexibility index (Phi) is 3.99. The molecule has 3 N–H and O–H groups in total. The molecule has 0 aliphatic heterocycles. The van der Waals surface area contributed by atoms with E-state index in [1.165, 1.54) is 6.34 Å². The lowest BCUT2D eigenvalue weighted by Crippen LogP contribution is -1.87. The van der Waals surface area contributed by atoms with E-state index in [0.717, 1.165) is 12.7 Å². The Labute approximate surface area is 41.3 Å². The summed E-state index contributed by atoms with van der Waals surface area (Å²) in [5.74, 6) is 0. The Morgan fingerprint density at radius 3 is 2.57 bits per heavy atom. The van der Waals surface area contributed by atoms with Crippen molar-refractivity contribution in [3.8, 4) is 0 Å². The summed E-state index contributed by atoms with van der Waals surface area (Å²) >= 11 is 0. The lowest BCUT2D eigenvalue weighted by molar-refractivity contribution is 1.51. The van der Waals surface area contributed by atoms with Crippen molar-refractivity contribution >= 4 is 19.0 Å². The molecule has 0 amide bonds. The molecule has 0 aromatic rings. The van der Waals surface area contributed by atoms with Gasteiger partial charge in [0.25, 0.3) is 0 Å². The second kappa shape index (κ2) is 4.81. The molecule has 0 bridgehead atoms. The van der Waals surface area contributed by atoms with E-state index in [0.29, 0.717) is 0 Å². The van der Waals surface area contributed by atoms with Gasteiger partial charge in [0.1, 0.15) is 12.7 Å². The van der Waals surface area contributed by atoms with Crippen LogP contribution in [0.5, 0.6) is 0 Å². The molecular weight excluding hydrogens is 92.1 g/mol. The number of aliphatic imine (C=N–C) groups is 2. The van der Waals surface area contributed by atoms with Gasteiger partial charge in [-0.15, -0.1) is 0 Å². The summed E-state index contributed by atoms with van der Waals surface area (Å²) in [6.07, 6.45) is 3.17. The predicted molar refractivity (Wildman–Crippen MR) is 30.0 cm³/mol. The van der Waals surface area contributed by atoms with Crippen LogP contribution in [-0.2, 0) is 0 Å². The molecule has 0 aromatic carbocycles. The van der Waals surface area contributed by atoms with Crippen LogP contribution in [0.2, 0.25) is 0 Å². The Hall–Kier alpha value is -1.19. The van der Waals surface area contributed by atoms with Crippen LogP contribution in [0, 0.1) is 5.41 Å². The zero-order valence-electron chi connectivity index (χ0n) is 3.70. The highest BCUT2D eigenvalue weighted by molar-refractivity contribution is 5.75. The Morgan fingerprint density at radius 2 is 2.14 bits per heavy atom. The predicted octanol–water partition coefficient (Wildman–Crippen LogP) is -0.391. The Balaban J connectivity index is 3.27. The molecule has 0 spiro atoms. The molecule has 0 rings (SSSR count). The van der Waals surface area contributed by atoms with Gasteiger partial charge in [-0.2, -0.15) is 0 Å². The first-order chi connectivity index (χ1) is 3.41. The average molecular weight is 98.1 g/mol. The van der Waals surface area contributed by atoms with Gasteiger partial charge in [-0.25, -0.2) is 9.98 Å². The molecule has 0 heterocycles. The van der Waals surface area contributed by atoms with Gasteiger partial charge < -0.3 is 5.73 Å². The number of hydrogen-bond acceptors (Lipinski definition) is 1. The quantitative estimate of drug-likeness (QED) is 0.358. The molecule has 0 atom stereocenters. The SMILES string of the molecule is N=CN=CN=CN. The molecule has 0 aromatic heterocycles. The van der Waals surface area contributed by atoms with Crippen molar-refractivity contribution in [1.29, 1.82) is 5.41 Å². The molecule has 0 saturated heterocycles. The molecule has 38 valence electrons. The molecule has 4 heteroatoms. The summed E-state index contributed by atoms with van der Waals surface area (Å²) in [7, 11) is 0. The van der Waals surface area contributed by atoms with E-state index in [1.54, 1.807) is 0 Å². The highest BCUT2D eigenvalue weighted by Crippen LogP contribution is 1.52. The van der Waals surface area contributed by atoms with Crippen LogP contribution in [0.25, 0.3) is 0 Å². The molecule has 4 nitrogen and oxygen atoms in total. The minimum absolute atomic E-state index is 0.882. The molecule has 0 aliphatic rings. The smallest absolute Gasteiger partial charge is 0.118 e. The van der Waals surface area contributed by atoms with Crippen molar-refractivity contribution in [3.63, 3.8) is 0 Å². The molecule has 0 radical (unpaired) electrons. The van der Waals surface area contributed by atoms with Gasteiger partial charge in [0, 0.05) is 0 Å². The third-order valence-corrected chi connectivity index (χ3v) is 0.294. The molecule has 7 heavy (non-hydrogen) atoms. The van der Waals surface area contributed by atoms with E-state index in [1.807, 2.05) is 0 Å². The minimum Gasteiger partial charge on any atom is -0.390 e. The fourth-order valence-corrected chi connectivity index (χ4v) is 0.110. The van der Waals surface area contributed by atoms with Gasteiger partial charge in [-0.1, -0.05) is 0 Å². The minimum atomic E-state index is 0.882. The van der Waals surface area contributed by atoms with Crippen LogP contribution >= 0.6 is 0 Å². The maximum atomic E-state index is 6.34. The van der Waals surface area contributed by atoms with Gasteiger partial charge in [-0.05, 0) is 0 Å². The van der Waals surface area contributed by atoms with E-state index in [2.05, 4.69) is 9.98 Å². The highest BCUT2D eigenvalue weighted by atomic mass is 14.9. The fourth-order valence-electron chi connectivity index (χ4n) is 0.110. The standard InChI is InChI=1S/C3H6N4/c4-1-6-3-7-2-5/h1-3H,(H3,4,5,6,7). The second-order valence-electron chi connectivity index (χ2n) is 0.692.